The molecule has 1 aromatic carbocycles. The van der Waals surface area contributed by atoms with Gasteiger partial charge >= 0.3 is 0 Å². The first-order valence-electron chi connectivity index (χ1n) is 6.24. The van der Waals surface area contributed by atoms with Crippen molar-refractivity contribution in [2.45, 2.75) is 25.2 Å². The molecule has 1 amide bonds. The van der Waals surface area contributed by atoms with Crippen LogP contribution in [0.3, 0.4) is 0 Å². The Morgan fingerprint density at radius 2 is 2.00 bits per heavy atom. The lowest BCUT2D eigenvalue weighted by molar-refractivity contribution is 0.0774. The van der Waals surface area contributed by atoms with Crippen molar-refractivity contribution in [3.8, 4) is 0 Å². The summed E-state index contributed by atoms with van der Waals surface area (Å²) in [7, 11) is -2.45. The van der Waals surface area contributed by atoms with Gasteiger partial charge in [0.1, 0.15) is 5.82 Å². The number of hydrogen-bond acceptors (Lipinski definition) is 3. The van der Waals surface area contributed by atoms with E-state index in [0.29, 0.717) is 12.5 Å². The number of amides is 1. The third-order valence-corrected chi connectivity index (χ3v) is 3.97. The van der Waals surface area contributed by atoms with Gasteiger partial charge in [-0.05, 0) is 24.1 Å². The maximum absolute atomic E-state index is 13.4. The van der Waals surface area contributed by atoms with Gasteiger partial charge in [-0.1, -0.05) is 20.3 Å². The summed E-state index contributed by atoms with van der Waals surface area (Å²) in [6.45, 7) is 4.51. The lowest BCUT2D eigenvalue weighted by Crippen LogP contribution is -2.31. The summed E-state index contributed by atoms with van der Waals surface area (Å²) in [6.07, 6.45) is 0.906. The number of primary sulfonamides is 1. The number of hydrogen-bond donors (Lipinski definition) is 1. The number of rotatable bonds is 5. The molecule has 2 N–H and O–H groups in total. The molecule has 1 aromatic rings. The fourth-order valence-electron chi connectivity index (χ4n) is 1.75. The molecule has 0 aliphatic carbocycles. The molecule has 20 heavy (non-hydrogen) atoms. The van der Waals surface area contributed by atoms with Gasteiger partial charge < -0.3 is 4.90 Å². The minimum absolute atomic E-state index is 0.0279. The molecular formula is C13H19FN2O3S. The molecule has 0 saturated heterocycles. The highest BCUT2D eigenvalue weighted by Gasteiger charge is 2.18. The first-order valence-corrected chi connectivity index (χ1v) is 7.78. The van der Waals surface area contributed by atoms with E-state index >= 15 is 0 Å². The van der Waals surface area contributed by atoms with Gasteiger partial charge in [0.05, 0.1) is 4.90 Å². The standard InChI is InChI=1S/C13H19FN2O3S/c1-4-9(2)8-16(3)13(17)10-5-11(14)7-12(6-10)20(15,18)19/h5-7,9H,4,8H2,1-3H3,(H2,15,18,19). The van der Waals surface area contributed by atoms with Gasteiger partial charge in [0.25, 0.3) is 5.91 Å². The molecule has 0 aliphatic heterocycles. The maximum Gasteiger partial charge on any atom is 0.253 e. The highest BCUT2D eigenvalue weighted by atomic mass is 32.2. The molecule has 0 spiro atoms. The molecule has 1 rings (SSSR count). The quantitative estimate of drug-likeness (QED) is 0.897. The van der Waals surface area contributed by atoms with E-state index in [1.807, 2.05) is 13.8 Å². The summed E-state index contributed by atoms with van der Waals surface area (Å²) in [5, 5.41) is 4.95. The van der Waals surface area contributed by atoms with Crippen LogP contribution >= 0.6 is 0 Å². The zero-order valence-corrected chi connectivity index (χ0v) is 12.6. The SMILES string of the molecule is CCC(C)CN(C)C(=O)c1cc(F)cc(S(N)(=O)=O)c1. The lowest BCUT2D eigenvalue weighted by atomic mass is 10.1. The van der Waals surface area contributed by atoms with Crippen molar-refractivity contribution >= 4 is 15.9 Å². The third kappa shape index (κ3) is 4.28. The van der Waals surface area contributed by atoms with E-state index in [9.17, 15) is 17.6 Å². The number of carbonyl (C=O) groups is 1. The summed E-state index contributed by atoms with van der Waals surface area (Å²) in [5.41, 5.74) is -0.0279. The average molecular weight is 302 g/mol. The minimum atomic E-state index is -4.05. The Morgan fingerprint density at radius 1 is 1.40 bits per heavy atom. The molecule has 0 heterocycles. The molecule has 0 fully saturated rings. The van der Waals surface area contributed by atoms with Gasteiger partial charge in [-0.25, -0.2) is 17.9 Å². The van der Waals surface area contributed by atoms with Crippen LogP contribution in [0.15, 0.2) is 23.1 Å². The van der Waals surface area contributed by atoms with Crippen LogP contribution in [0, 0.1) is 11.7 Å². The summed E-state index contributed by atoms with van der Waals surface area (Å²) in [5.74, 6) is -0.943. The highest BCUT2D eigenvalue weighted by Crippen LogP contribution is 2.15. The van der Waals surface area contributed by atoms with Crippen molar-refractivity contribution in [1.29, 1.82) is 0 Å². The normalized spacial score (nSPS) is 13.1. The Hall–Kier alpha value is -1.47. The van der Waals surface area contributed by atoms with Crippen molar-refractivity contribution in [2.75, 3.05) is 13.6 Å². The van der Waals surface area contributed by atoms with E-state index in [4.69, 9.17) is 5.14 Å². The number of nitrogens with zero attached hydrogens (tertiary/aromatic N) is 1. The van der Waals surface area contributed by atoms with Crippen LogP contribution in [0.5, 0.6) is 0 Å². The van der Waals surface area contributed by atoms with Gasteiger partial charge in [0.15, 0.2) is 0 Å². The fourth-order valence-corrected chi connectivity index (χ4v) is 2.32. The summed E-state index contributed by atoms with van der Waals surface area (Å²) in [6, 6.07) is 2.89. The lowest BCUT2D eigenvalue weighted by Gasteiger charge is -2.21. The molecule has 0 bridgehead atoms. The van der Waals surface area contributed by atoms with E-state index < -0.39 is 26.6 Å². The van der Waals surface area contributed by atoms with E-state index in [1.54, 1.807) is 7.05 Å². The molecule has 7 heteroatoms. The Morgan fingerprint density at radius 3 is 2.50 bits per heavy atom. The number of halogens is 1. The molecule has 0 saturated carbocycles. The van der Waals surface area contributed by atoms with Crippen molar-refractivity contribution in [3.05, 3.63) is 29.6 Å². The molecule has 112 valence electrons. The van der Waals surface area contributed by atoms with E-state index in [2.05, 4.69) is 0 Å². The molecule has 5 nitrogen and oxygen atoms in total. The van der Waals surface area contributed by atoms with Crippen molar-refractivity contribution < 1.29 is 17.6 Å². The minimum Gasteiger partial charge on any atom is -0.341 e. The molecule has 1 unspecified atom stereocenters. The second-order valence-electron chi connectivity index (χ2n) is 4.92. The van der Waals surface area contributed by atoms with Gasteiger partial charge in [0, 0.05) is 19.2 Å². The second kappa shape index (κ2) is 6.32. The number of benzene rings is 1. The molecule has 0 aliphatic rings. The van der Waals surface area contributed by atoms with Crippen molar-refractivity contribution in [3.63, 3.8) is 0 Å². The van der Waals surface area contributed by atoms with Gasteiger partial charge in [-0.3, -0.25) is 4.79 Å². The molecular weight excluding hydrogens is 283 g/mol. The van der Waals surface area contributed by atoms with Crippen LogP contribution in [-0.2, 0) is 10.0 Å². The monoisotopic (exact) mass is 302 g/mol. The predicted octanol–water partition coefficient (Wildman–Crippen LogP) is 1.59. The highest BCUT2D eigenvalue weighted by molar-refractivity contribution is 7.89. The molecule has 0 radical (unpaired) electrons. The first-order chi connectivity index (χ1) is 9.15. The number of sulfonamides is 1. The summed E-state index contributed by atoms with van der Waals surface area (Å²) in [4.78, 5) is 13.2. The van der Waals surface area contributed by atoms with Crippen LogP contribution in [-0.4, -0.2) is 32.8 Å². The maximum atomic E-state index is 13.4. The van der Waals surface area contributed by atoms with Crippen molar-refractivity contribution in [2.24, 2.45) is 11.1 Å². The van der Waals surface area contributed by atoms with E-state index in [1.165, 1.54) is 4.90 Å². The topological polar surface area (TPSA) is 80.5 Å². The number of nitrogens with two attached hydrogens (primary N) is 1. The van der Waals surface area contributed by atoms with Crippen LogP contribution in [0.4, 0.5) is 4.39 Å². The fraction of sp³-hybridized carbons (Fsp3) is 0.462. The van der Waals surface area contributed by atoms with E-state index in [-0.39, 0.29) is 5.56 Å². The van der Waals surface area contributed by atoms with Gasteiger partial charge in [0.2, 0.25) is 10.0 Å². The smallest absolute Gasteiger partial charge is 0.253 e. The third-order valence-electron chi connectivity index (χ3n) is 3.08. The first kappa shape index (κ1) is 16.6. The second-order valence-corrected chi connectivity index (χ2v) is 6.48. The largest absolute Gasteiger partial charge is 0.341 e. The Labute approximate surface area is 118 Å². The Bertz CT molecular complexity index is 602. The molecule has 0 aromatic heterocycles. The van der Waals surface area contributed by atoms with Gasteiger partial charge in [-0.15, -0.1) is 0 Å². The van der Waals surface area contributed by atoms with Crippen LogP contribution in [0.1, 0.15) is 30.6 Å². The predicted molar refractivity (Wildman–Crippen MR) is 74.2 cm³/mol. The van der Waals surface area contributed by atoms with Crippen LogP contribution in [0.25, 0.3) is 0 Å². The van der Waals surface area contributed by atoms with Crippen LogP contribution in [0.2, 0.25) is 0 Å². The number of carbonyl (C=O) groups excluding carboxylic acids is 1. The van der Waals surface area contributed by atoms with E-state index in [0.717, 1.165) is 24.6 Å². The van der Waals surface area contributed by atoms with Crippen LogP contribution < -0.4 is 5.14 Å². The zero-order chi connectivity index (χ0) is 15.5. The Balaban J connectivity index is 3.08. The Kier molecular flexibility index (Phi) is 5.24. The zero-order valence-electron chi connectivity index (χ0n) is 11.8. The average Bonchev–Trinajstić information content (AvgIpc) is 2.35. The summed E-state index contributed by atoms with van der Waals surface area (Å²) >= 11 is 0. The summed E-state index contributed by atoms with van der Waals surface area (Å²) < 4.78 is 35.9. The molecule has 1 atom stereocenters. The van der Waals surface area contributed by atoms with Gasteiger partial charge in [-0.2, -0.15) is 0 Å². The van der Waals surface area contributed by atoms with Crippen molar-refractivity contribution in [1.82, 2.24) is 4.90 Å².